The van der Waals surface area contributed by atoms with E-state index in [-0.39, 0.29) is 6.10 Å². The average molecular weight is 265 g/mol. The Kier molecular flexibility index (Phi) is 4.44. The summed E-state index contributed by atoms with van der Waals surface area (Å²) in [6.07, 6.45) is 0.557. The van der Waals surface area contributed by atoms with E-state index in [0.29, 0.717) is 24.7 Å². The standard InChI is InChI=1S/C13H19N3O3/c1-4-19-8(2)12-15-10-5-6-14-7-9(10)11(16-12)13(17)18-3/h8,14H,4-7H2,1-3H3. The van der Waals surface area contributed by atoms with E-state index in [1.807, 2.05) is 13.8 Å². The van der Waals surface area contributed by atoms with E-state index in [2.05, 4.69) is 15.3 Å². The first-order valence-electron chi connectivity index (χ1n) is 6.47. The summed E-state index contributed by atoms with van der Waals surface area (Å²) in [5.41, 5.74) is 2.10. The minimum atomic E-state index is -0.424. The second-order valence-corrected chi connectivity index (χ2v) is 4.37. The van der Waals surface area contributed by atoms with Crippen molar-refractivity contribution in [1.29, 1.82) is 0 Å². The number of nitrogens with zero attached hydrogens (tertiary/aromatic N) is 2. The van der Waals surface area contributed by atoms with Crippen LogP contribution in [0.3, 0.4) is 0 Å². The van der Waals surface area contributed by atoms with Crippen LogP contribution >= 0.6 is 0 Å². The van der Waals surface area contributed by atoms with Gasteiger partial charge in [0, 0.05) is 31.7 Å². The number of rotatable bonds is 4. The molecule has 2 rings (SSSR count). The quantitative estimate of drug-likeness (QED) is 0.819. The first-order valence-corrected chi connectivity index (χ1v) is 6.47. The molecule has 0 saturated heterocycles. The summed E-state index contributed by atoms with van der Waals surface area (Å²) < 4.78 is 10.3. The van der Waals surface area contributed by atoms with Gasteiger partial charge in [0.15, 0.2) is 11.5 Å². The molecule has 19 heavy (non-hydrogen) atoms. The molecule has 1 aromatic rings. The van der Waals surface area contributed by atoms with Gasteiger partial charge in [-0.15, -0.1) is 0 Å². The molecule has 1 aliphatic heterocycles. The van der Waals surface area contributed by atoms with Crippen LogP contribution in [0.15, 0.2) is 0 Å². The zero-order valence-corrected chi connectivity index (χ0v) is 11.5. The van der Waals surface area contributed by atoms with Crippen LogP contribution in [0.4, 0.5) is 0 Å². The zero-order chi connectivity index (χ0) is 13.8. The number of methoxy groups -OCH3 is 1. The average Bonchev–Trinajstić information content (AvgIpc) is 2.45. The third-order valence-electron chi connectivity index (χ3n) is 3.11. The van der Waals surface area contributed by atoms with Crippen molar-refractivity contribution in [3.63, 3.8) is 0 Å². The summed E-state index contributed by atoms with van der Waals surface area (Å²) in [5.74, 6) is 0.121. The summed E-state index contributed by atoms with van der Waals surface area (Å²) in [5, 5.41) is 3.22. The van der Waals surface area contributed by atoms with Crippen LogP contribution in [-0.4, -0.2) is 36.2 Å². The highest BCUT2D eigenvalue weighted by Gasteiger charge is 2.24. The molecule has 104 valence electrons. The molecule has 0 aromatic carbocycles. The minimum Gasteiger partial charge on any atom is -0.464 e. The molecular formula is C13H19N3O3. The van der Waals surface area contributed by atoms with Gasteiger partial charge in [0.2, 0.25) is 0 Å². The molecule has 2 heterocycles. The van der Waals surface area contributed by atoms with Crippen LogP contribution in [0.2, 0.25) is 0 Å². The maximum absolute atomic E-state index is 11.8. The van der Waals surface area contributed by atoms with Crippen molar-refractivity contribution >= 4 is 5.97 Å². The van der Waals surface area contributed by atoms with Crippen molar-refractivity contribution in [2.45, 2.75) is 32.9 Å². The molecule has 0 bridgehead atoms. The number of hydrogen-bond donors (Lipinski definition) is 1. The Bertz CT molecular complexity index is 476. The fourth-order valence-corrected chi connectivity index (χ4v) is 2.13. The molecule has 1 aromatic heterocycles. The van der Waals surface area contributed by atoms with Crippen molar-refractivity contribution in [1.82, 2.24) is 15.3 Å². The van der Waals surface area contributed by atoms with Crippen molar-refractivity contribution < 1.29 is 14.3 Å². The van der Waals surface area contributed by atoms with Crippen molar-refractivity contribution in [2.24, 2.45) is 0 Å². The zero-order valence-electron chi connectivity index (χ0n) is 11.5. The molecule has 0 aliphatic carbocycles. The fraction of sp³-hybridized carbons (Fsp3) is 0.615. The first-order chi connectivity index (χ1) is 9.17. The van der Waals surface area contributed by atoms with Gasteiger partial charge in [-0.2, -0.15) is 0 Å². The molecule has 1 aliphatic rings. The summed E-state index contributed by atoms with van der Waals surface area (Å²) in [7, 11) is 1.36. The highest BCUT2D eigenvalue weighted by atomic mass is 16.5. The van der Waals surface area contributed by atoms with Gasteiger partial charge in [0.1, 0.15) is 6.10 Å². The summed E-state index contributed by atoms with van der Waals surface area (Å²) in [6.45, 7) is 5.83. The van der Waals surface area contributed by atoms with Gasteiger partial charge in [-0.05, 0) is 13.8 Å². The Morgan fingerprint density at radius 1 is 1.47 bits per heavy atom. The van der Waals surface area contributed by atoms with Crippen molar-refractivity contribution in [3.05, 3.63) is 22.8 Å². The molecule has 1 unspecified atom stereocenters. The smallest absolute Gasteiger partial charge is 0.357 e. The van der Waals surface area contributed by atoms with Gasteiger partial charge in [0.25, 0.3) is 0 Å². The topological polar surface area (TPSA) is 73.3 Å². The van der Waals surface area contributed by atoms with E-state index in [1.165, 1.54) is 7.11 Å². The van der Waals surface area contributed by atoms with E-state index in [1.54, 1.807) is 0 Å². The van der Waals surface area contributed by atoms with E-state index in [4.69, 9.17) is 9.47 Å². The van der Waals surface area contributed by atoms with E-state index < -0.39 is 5.97 Å². The third-order valence-corrected chi connectivity index (χ3v) is 3.11. The van der Waals surface area contributed by atoms with E-state index >= 15 is 0 Å². The SMILES string of the molecule is CCOC(C)c1nc2c(c(C(=O)OC)n1)CNCC2. The van der Waals surface area contributed by atoms with Crippen LogP contribution in [0.25, 0.3) is 0 Å². The largest absolute Gasteiger partial charge is 0.464 e. The number of ether oxygens (including phenoxy) is 2. The van der Waals surface area contributed by atoms with Gasteiger partial charge in [-0.3, -0.25) is 0 Å². The molecule has 0 amide bonds. The number of carbonyl (C=O) groups excluding carboxylic acids is 1. The van der Waals surface area contributed by atoms with E-state index in [9.17, 15) is 4.79 Å². The van der Waals surface area contributed by atoms with Gasteiger partial charge in [-0.25, -0.2) is 14.8 Å². The lowest BCUT2D eigenvalue weighted by molar-refractivity contribution is 0.0580. The highest BCUT2D eigenvalue weighted by Crippen LogP contribution is 2.20. The number of carbonyl (C=O) groups is 1. The molecule has 1 N–H and O–H groups in total. The summed E-state index contributed by atoms with van der Waals surface area (Å²) in [4.78, 5) is 20.7. The normalized spacial score (nSPS) is 15.7. The molecule has 0 fully saturated rings. The van der Waals surface area contributed by atoms with Crippen LogP contribution in [0.1, 0.15) is 47.5 Å². The van der Waals surface area contributed by atoms with Gasteiger partial charge in [-0.1, -0.05) is 0 Å². The lowest BCUT2D eigenvalue weighted by Gasteiger charge is -2.20. The van der Waals surface area contributed by atoms with Gasteiger partial charge < -0.3 is 14.8 Å². The molecule has 6 nitrogen and oxygen atoms in total. The van der Waals surface area contributed by atoms with Gasteiger partial charge in [0.05, 0.1) is 12.8 Å². The fourth-order valence-electron chi connectivity index (χ4n) is 2.13. The number of fused-ring (bicyclic) bond motifs is 1. The molecule has 6 heteroatoms. The third kappa shape index (κ3) is 2.90. The Labute approximate surface area is 112 Å². The monoisotopic (exact) mass is 265 g/mol. The maximum atomic E-state index is 11.8. The molecule has 0 radical (unpaired) electrons. The first kappa shape index (κ1) is 13.9. The minimum absolute atomic E-state index is 0.228. The number of esters is 1. The lowest BCUT2D eigenvalue weighted by Crippen LogP contribution is -2.29. The molecule has 0 spiro atoms. The second kappa shape index (κ2) is 6.08. The molecule has 0 saturated carbocycles. The van der Waals surface area contributed by atoms with Crippen LogP contribution in [-0.2, 0) is 22.4 Å². The number of nitrogens with one attached hydrogen (secondary N) is 1. The number of aromatic nitrogens is 2. The molecule has 1 atom stereocenters. The Morgan fingerprint density at radius 3 is 2.95 bits per heavy atom. The summed E-state index contributed by atoms with van der Waals surface area (Å²) in [6, 6.07) is 0. The second-order valence-electron chi connectivity index (χ2n) is 4.37. The van der Waals surface area contributed by atoms with Crippen LogP contribution in [0.5, 0.6) is 0 Å². The van der Waals surface area contributed by atoms with Crippen molar-refractivity contribution in [3.8, 4) is 0 Å². The van der Waals surface area contributed by atoms with Crippen LogP contribution < -0.4 is 5.32 Å². The van der Waals surface area contributed by atoms with Crippen LogP contribution in [0, 0.1) is 0 Å². The van der Waals surface area contributed by atoms with Gasteiger partial charge >= 0.3 is 5.97 Å². The predicted octanol–water partition coefficient (Wildman–Crippen LogP) is 1.01. The summed E-state index contributed by atoms with van der Waals surface area (Å²) >= 11 is 0. The predicted molar refractivity (Wildman–Crippen MR) is 68.8 cm³/mol. The van der Waals surface area contributed by atoms with E-state index in [0.717, 1.165) is 24.2 Å². The maximum Gasteiger partial charge on any atom is 0.357 e. The lowest BCUT2D eigenvalue weighted by atomic mass is 10.0. The molecular weight excluding hydrogens is 246 g/mol. The Morgan fingerprint density at radius 2 is 2.26 bits per heavy atom. The van der Waals surface area contributed by atoms with Crippen molar-refractivity contribution in [2.75, 3.05) is 20.3 Å². The Balaban J connectivity index is 2.44. The number of hydrogen-bond acceptors (Lipinski definition) is 6. The highest BCUT2D eigenvalue weighted by molar-refractivity contribution is 5.89. The Hall–Kier alpha value is -1.53.